The maximum Gasteiger partial charge on any atom is 0.224 e. The van der Waals surface area contributed by atoms with Crippen molar-refractivity contribution in [3.63, 3.8) is 0 Å². The van der Waals surface area contributed by atoms with Crippen molar-refractivity contribution in [2.24, 2.45) is 0 Å². The quantitative estimate of drug-likeness (QED) is 0.522. The molecule has 0 aliphatic carbocycles. The topological polar surface area (TPSA) is 58.4 Å². The molecule has 6 nitrogen and oxygen atoms in total. The second kappa shape index (κ2) is 8.20. The zero-order valence-corrected chi connectivity index (χ0v) is 19.5. The molecule has 1 aliphatic rings. The van der Waals surface area contributed by atoms with Crippen molar-refractivity contribution in [2.45, 2.75) is 57.7 Å². The summed E-state index contributed by atoms with van der Waals surface area (Å²) in [4.78, 5) is 9.39. The fourth-order valence-corrected chi connectivity index (χ4v) is 4.80. The lowest BCUT2D eigenvalue weighted by molar-refractivity contribution is -0.162. The van der Waals surface area contributed by atoms with Crippen LogP contribution in [-0.2, 0) is 4.74 Å². The lowest BCUT2D eigenvalue weighted by Crippen LogP contribution is -2.44. The number of rotatable bonds is 5. The Bertz CT molecular complexity index is 1110. The predicted octanol–water partition coefficient (Wildman–Crippen LogP) is 5.54. The van der Waals surface area contributed by atoms with Gasteiger partial charge in [-0.25, -0.2) is 14.4 Å². The summed E-state index contributed by atoms with van der Waals surface area (Å²) in [6.45, 7) is 8.48. The highest BCUT2D eigenvalue weighted by molar-refractivity contribution is 5.65. The zero-order chi connectivity index (χ0) is 23.1. The molecule has 0 spiro atoms. The van der Waals surface area contributed by atoms with Gasteiger partial charge in [0.1, 0.15) is 5.82 Å². The highest BCUT2D eigenvalue weighted by Crippen LogP contribution is 2.44. The van der Waals surface area contributed by atoms with Gasteiger partial charge < -0.3 is 14.2 Å². The van der Waals surface area contributed by atoms with Crippen LogP contribution in [-0.4, -0.2) is 40.0 Å². The van der Waals surface area contributed by atoms with Crippen LogP contribution in [0.3, 0.4) is 0 Å². The molecule has 32 heavy (non-hydrogen) atoms. The van der Waals surface area contributed by atoms with Gasteiger partial charge in [-0.1, -0.05) is 0 Å². The molecule has 0 radical (unpaired) electrons. The molecular weight excluding hydrogens is 409 g/mol. The van der Waals surface area contributed by atoms with E-state index in [2.05, 4.69) is 32.7 Å². The number of pyridine rings is 1. The Kier molecular flexibility index (Phi) is 5.71. The van der Waals surface area contributed by atoms with E-state index in [4.69, 9.17) is 19.2 Å². The summed E-state index contributed by atoms with van der Waals surface area (Å²) in [5.41, 5.74) is 1.94. The number of methoxy groups -OCH3 is 2. The van der Waals surface area contributed by atoms with Crippen LogP contribution in [0.25, 0.3) is 17.1 Å². The smallest absolute Gasteiger partial charge is 0.224 e. The van der Waals surface area contributed by atoms with E-state index in [0.29, 0.717) is 11.7 Å². The Morgan fingerprint density at radius 1 is 1.06 bits per heavy atom. The summed E-state index contributed by atoms with van der Waals surface area (Å²) in [6.07, 6.45) is 5.41. The first kappa shape index (κ1) is 22.3. The fraction of sp³-hybridized carbons (Fsp3) is 0.440. The third kappa shape index (κ3) is 4.35. The molecule has 0 amide bonds. The maximum atomic E-state index is 14.1. The summed E-state index contributed by atoms with van der Waals surface area (Å²) in [7, 11) is 3.04. The summed E-state index contributed by atoms with van der Waals surface area (Å²) in [6, 6.07) is 8.56. The number of hydrogen-bond acceptors (Lipinski definition) is 5. The molecule has 4 rings (SSSR count). The monoisotopic (exact) mass is 439 g/mol. The van der Waals surface area contributed by atoms with E-state index in [0.717, 1.165) is 29.8 Å². The minimum Gasteiger partial charge on any atom is -0.494 e. The van der Waals surface area contributed by atoms with Crippen LogP contribution < -0.4 is 9.47 Å². The van der Waals surface area contributed by atoms with Gasteiger partial charge in [0, 0.05) is 24.4 Å². The molecule has 7 heteroatoms. The van der Waals surface area contributed by atoms with Crippen molar-refractivity contribution in [3.05, 3.63) is 54.2 Å². The number of benzene rings is 1. The lowest BCUT2D eigenvalue weighted by Gasteiger charge is -2.45. The van der Waals surface area contributed by atoms with Crippen molar-refractivity contribution in [1.82, 2.24) is 14.5 Å². The molecular formula is C25H30FN3O3. The van der Waals surface area contributed by atoms with Gasteiger partial charge in [-0.3, -0.25) is 4.57 Å². The molecule has 0 unspecified atom stereocenters. The first-order valence-electron chi connectivity index (χ1n) is 10.8. The number of imidazole rings is 1. The summed E-state index contributed by atoms with van der Waals surface area (Å²) < 4.78 is 33.0. The van der Waals surface area contributed by atoms with Crippen molar-refractivity contribution in [2.75, 3.05) is 14.2 Å². The Hall–Kier alpha value is -2.93. The third-order valence-electron chi connectivity index (χ3n) is 5.79. The van der Waals surface area contributed by atoms with Crippen LogP contribution in [0.15, 0.2) is 42.7 Å². The van der Waals surface area contributed by atoms with E-state index in [1.54, 1.807) is 25.4 Å². The third-order valence-corrected chi connectivity index (χ3v) is 5.79. The normalized spacial score (nSPS) is 17.8. The van der Waals surface area contributed by atoms with Gasteiger partial charge in [0.05, 0.1) is 42.4 Å². The molecule has 1 saturated heterocycles. The number of nitrogens with zero attached hydrogens (tertiary/aromatic N) is 3. The SMILES string of the molecule is COc1cc(-n2cc(C3CC(C)(C)OC(C)(C)C3)nc2-c2cccnc2OC)ccc1F. The molecule has 170 valence electrons. The molecule has 0 saturated carbocycles. The van der Waals surface area contributed by atoms with Crippen LogP contribution in [0.2, 0.25) is 0 Å². The summed E-state index contributed by atoms with van der Waals surface area (Å²) in [5.74, 6) is 1.13. The highest BCUT2D eigenvalue weighted by Gasteiger charge is 2.41. The van der Waals surface area contributed by atoms with Crippen LogP contribution in [0, 0.1) is 5.82 Å². The van der Waals surface area contributed by atoms with Crippen molar-refractivity contribution < 1.29 is 18.6 Å². The molecule has 1 aromatic carbocycles. The summed E-state index contributed by atoms with van der Waals surface area (Å²) >= 11 is 0. The van der Waals surface area contributed by atoms with Crippen LogP contribution >= 0.6 is 0 Å². The first-order valence-corrected chi connectivity index (χ1v) is 10.8. The van der Waals surface area contributed by atoms with E-state index < -0.39 is 5.82 Å². The van der Waals surface area contributed by atoms with Gasteiger partial charge in [0.15, 0.2) is 11.6 Å². The second-order valence-corrected chi connectivity index (χ2v) is 9.47. The number of hydrogen-bond donors (Lipinski definition) is 0. The molecule has 1 fully saturated rings. The molecule has 0 N–H and O–H groups in total. The molecule has 1 aliphatic heterocycles. The minimum atomic E-state index is -0.412. The van der Waals surface area contributed by atoms with Gasteiger partial charge >= 0.3 is 0 Å². The lowest BCUT2D eigenvalue weighted by atomic mass is 9.79. The largest absolute Gasteiger partial charge is 0.494 e. The second-order valence-electron chi connectivity index (χ2n) is 9.47. The van der Waals surface area contributed by atoms with Crippen LogP contribution in [0.1, 0.15) is 52.1 Å². The van der Waals surface area contributed by atoms with E-state index in [1.807, 2.05) is 22.9 Å². The average molecular weight is 440 g/mol. The highest BCUT2D eigenvalue weighted by atomic mass is 19.1. The van der Waals surface area contributed by atoms with E-state index in [9.17, 15) is 4.39 Å². The van der Waals surface area contributed by atoms with E-state index >= 15 is 0 Å². The predicted molar refractivity (Wildman–Crippen MR) is 121 cm³/mol. The standard InChI is InChI=1S/C25H30FN3O3/c1-24(2)13-16(14-25(3,4)32-24)20-15-29(17-9-10-19(26)21(12-17)30-5)22(28-20)18-8-7-11-27-23(18)31-6/h7-12,15-16H,13-14H2,1-6H3. The van der Waals surface area contributed by atoms with Gasteiger partial charge in [-0.05, 0) is 64.8 Å². The molecule has 3 heterocycles. The Morgan fingerprint density at radius 3 is 2.44 bits per heavy atom. The minimum absolute atomic E-state index is 0.176. The summed E-state index contributed by atoms with van der Waals surface area (Å²) in [5, 5.41) is 0. The van der Waals surface area contributed by atoms with Crippen molar-refractivity contribution in [3.8, 4) is 28.7 Å². The average Bonchev–Trinajstić information content (AvgIpc) is 3.17. The number of ether oxygens (including phenoxy) is 3. The Labute approximate surface area is 188 Å². The maximum absolute atomic E-state index is 14.1. The Balaban J connectivity index is 1.88. The number of halogens is 1. The van der Waals surface area contributed by atoms with Gasteiger partial charge in [0.25, 0.3) is 0 Å². The number of aromatic nitrogens is 3. The van der Waals surface area contributed by atoms with Crippen molar-refractivity contribution in [1.29, 1.82) is 0 Å². The first-order chi connectivity index (χ1) is 15.1. The van der Waals surface area contributed by atoms with Gasteiger partial charge in [-0.15, -0.1) is 0 Å². The van der Waals surface area contributed by atoms with Crippen LogP contribution in [0.4, 0.5) is 4.39 Å². The molecule has 0 bridgehead atoms. The molecule has 3 aromatic rings. The van der Waals surface area contributed by atoms with Crippen LogP contribution in [0.5, 0.6) is 11.6 Å². The van der Waals surface area contributed by atoms with E-state index in [-0.39, 0.29) is 22.9 Å². The van der Waals surface area contributed by atoms with Gasteiger partial charge in [-0.2, -0.15) is 0 Å². The fourth-order valence-electron chi connectivity index (χ4n) is 4.80. The molecule has 0 atom stereocenters. The van der Waals surface area contributed by atoms with E-state index in [1.165, 1.54) is 13.2 Å². The molecule has 2 aromatic heterocycles. The van der Waals surface area contributed by atoms with Crippen molar-refractivity contribution >= 4 is 0 Å². The van der Waals surface area contributed by atoms with Gasteiger partial charge in [0.2, 0.25) is 5.88 Å². The Morgan fingerprint density at radius 2 is 1.78 bits per heavy atom. The zero-order valence-electron chi connectivity index (χ0n) is 19.5.